The highest BCUT2D eigenvalue weighted by atomic mass is 19.1. The molecule has 0 atom stereocenters. The van der Waals surface area contributed by atoms with Gasteiger partial charge in [0.1, 0.15) is 23.8 Å². The van der Waals surface area contributed by atoms with E-state index in [-0.39, 0.29) is 28.9 Å². The van der Waals surface area contributed by atoms with Crippen LogP contribution in [0.25, 0.3) is 0 Å². The number of methoxy groups -OCH3 is 1. The number of esters is 1. The molecule has 3 rings (SSSR count). The minimum Gasteiger partial charge on any atom is -0.487 e. The number of hydrogen-bond donors (Lipinski definition) is 0. The number of benzene rings is 1. The van der Waals surface area contributed by atoms with Gasteiger partial charge in [-0.15, -0.1) is 0 Å². The van der Waals surface area contributed by atoms with E-state index in [2.05, 4.69) is 9.72 Å². The van der Waals surface area contributed by atoms with Gasteiger partial charge < -0.3 is 14.4 Å². The average Bonchev–Trinajstić information content (AvgIpc) is 2.69. The summed E-state index contributed by atoms with van der Waals surface area (Å²) in [6, 6.07) is 4.42. The SMILES string of the molecule is COC(=O)c1cc(N2CCC(Oc3ccc(F)cc3F)CC2)c([N+](=O)[O-])cn1. The molecule has 0 unspecified atom stereocenters. The normalized spacial score (nSPS) is 14.6. The molecule has 0 saturated carbocycles. The summed E-state index contributed by atoms with van der Waals surface area (Å²) in [6.07, 6.45) is 1.63. The van der Waals surface area contributed by atoms with Crippen LogP contribution in [0.5, 0.6) is 5.75 Å². The monoisotopic (exact) mass is 393 g/mol. The van der Waals surface area contributed by atoms with Gasteiger partial charge in [-0.3, -0.25) is 10.1 Å². The molecule has 148 valence electrons. The lowest BCUT2D eigenvalue weighted by Gasteiger charge is -2.33. The van der Waals surface area contributed by atoms with E-state index < -0.39 is 22.5 Å². The van der Waals surface area contributed by atoms with Crippen molar-refractivity contribution in [2.24, 2.45) is 0 Å². The molecule has 10 heteroatoms. The molecule has 0 radical (unpaired) electrons. The van der Waals surface area contributed by atoms with Crippen LogP contribution in [0.3, 0.4) is 0 Å². The summed E-state index contributed by atoms with van der Waals surface area (Å²) in [4.78, 5) is 27.9. The first kappa shape index (κ1) is 19.5. The number of anilines is 1. The minimum atomic E-state index is -0.782. The predicted octanol–water partition coefficient (Wildman–Crippen LogP) is 3.10. The summed E-state index contributed by atoms with van der Waals surface area (Å²) in [5.41, 5.74) is -0.00160. The quantitative estimate of drug-likeness (QED) is 0.438. The highest BCUT2D eigenvalue weighted by Crippen LogP contribution is 2.31. The highest BCUT2D eigenvalue weighted by molar-refractivity contribution is 5.89. The highest BCUT2D eigenvalue weighted by Gasteiger charge is 2.28. The maximum atomic E-state index is 13.7. The Kier molecular flexibility index (Phi) is 5.67. The zero-order chi connectivity index (χ0) is 20.3. The Hall–Kier alpha value is -3.30. The molecule has 1 aromatic carbocycles. The van der Waals surface area contributed by atoms with E-state index in [0.717, 1.165) is 18.3 Å². The van der Waals surface area contributed by atoms with E-state index in [1.165, 1.54) is 19.2 Å². The summed E-state index contributed by atoms with van der Waals surface area (Å²) in [6.45, 7) is 0.776. The largest absolute Gasteiger partial charge is 0.487 e. The first-order valence-electron chi connectivity index (χ1n) is 8.48. The average molecular weight is 393 g/mol. The van der Waals surface area contributed by atoms with Crippen LogP contribution >= 0.6 is 0 Å². The maximum Gasteiger partial charge on any atom is 0.356 e. The summed E-state index contributed by atoms with van der Waals surface area (Å²) in [7, 11) is 1.20. The fourth-order valence-electron chi connectivity index (χ4n) is 3.01. The van der Waals surface area contributed by atoms with Gasteiger partial charge in [-0.25, -0.2) is 18.6 Å². The van der Waals surface area contributed by atoms with Gasteiger partial charge >= 0.3 is 11.7 Å². The molecule has 28 heavy (non-hydrogen) atoms. The first-order chi connectivity index (χ1) is 13.4. The Labute approximate surface area is 158 Å². The molecule has 0 N–H and O–H groups in total. The fraction of sp³-hybridized carbons (Fsp3) is 0.333. The molecule has 1 aliphatic rings. The lowest BCUT2D eigenvalue weighted by atomic mass is 10.1. The third kappa shape index (κ3) is 4.16. The van der Waals surface area contributed by atoms with Crippen LogP contribution in [0.2, 0.25) is 0 Å². The van der Waals surface area contributed by atoms with Crippen LogP contribution in [-0.4, -0.2) is 42.2 Å². The van der Waals surface area contributed by atoms with Gasteiger partial charge in [-0.2, -0.15) is 0 Å². The number of nitro groups is 1. The number of nitrogens with zero attached hydrogens (tertiary/aromatic N) is 3. The fourth-order valence-corrected chi connectivity index (χ4v) is 3.01. The van der Waals surface area contributed by atoms with Gasteiger partial charge in [0.05, 0.1) is 12.0 Å². The number of ether oxygens (including phenoxy) is 2. The van der Waals surface area contributed by atoms with Gasteiger partial charge in [0.2, 0.25) is 0 Å². The number of carbonyl (C=O) groups excluding carboxylic acids is 1. The van der Waals surface area contributed by atoms with Crippen molar-refractivity contribution < 1.29 is 28.0 Å². The Balaban J connectivity index is 1.73. The van der Waals surface area contributed by atoms with Gasteiger partial charge in [0.15, 0.2) is 17.3 Å². The van der Waals surface area contributed by atoms with E-state index in [4.69, 9.17) is 4.74 Å². The Morgan fingerprint density at radius 1 is 1.29 bits per heavy atom. The lowest BCUT2D eigenvalue weighted by Crippen LogP contribution is -2.38. The molecule has 1 fully saturated rings. The van der Waals surface area contributed by atoms with Crippen molar-refractivity contribution in [3.05, 3.63) is 57.9 Å². The van der Waals surface area contributed by atoms with Gasteiger partial charge in [-0.05, 0) is 12.1 Å². The number of rotatable bonds is 5. The van der Waals surface area contributed by atoms with Crippen LogP contribution in [-0.2, 0) is 4.74 Å². The summed E-state index contributed by atoms with van der Waals surface area (Å²) in [5, 5.41) is 11.3. The van der Waals surface area contributed by atoms with Crippen molar-refractivity contribution >= 4 is 17.3 Å². The molecule has 1 saturated heterocycles. The molecule has 1 aromatic heterocycles. The van der Waals surface area contributed by atoms with Crippen molar-refractivity contribution in [2.45, 2.75) is 18.9 Å². The molecule has 0 bridgehead atoms. The molecule has 8 nitrogen and oxygen atoms in total. The van der Waals surface area contributed by atoms with Crippen molar-refractivity contribution in [3.8, 4) is 5.75 Å². The molecule has 2 heterocycles. The predicted molar refractivity (Wildman–Crippen MR) is 94.5 cm³/mol. The van der Waals surface area contributed by atoms with Crippen molar-refractivity contribution in [3.63, 3.8) is 0 Å². The zero-order valence-corrected chi connectivity index (χ0v) is 14.9. The van der Waals surface area contributed by atoms with Gasteiger partial charge in [0, 0.05) is 38.1 Å². The van der Waals surface area contributed by atoms with E-state index >= 15 is 0 Å². The van der Waals surface area contributed by atoms with Crippen molar-refractivity contribution in [1.82, 2.24) is 4.98 Å². The van der Waals surface area contributed by atoms with Crippen LogP contribution < -0.4 is 9.64 Å². The number of aromatic nitrogens is 1. The molecule has 1 aliphatic heterocycles. The third-order valence-corrected chi connectivity index (χ3v) is 4.42. The molecule has 0 spiro atoms. The Morgan fingerprint density at radius 3 is 2.61 bits per heavy atom. The number of carbonyl (C=O) groups is 1. The molecule has 0 aliphatic carbocycles. The number of pyridine rings is 1. The van der Waals surface area contributed by atoms with E-state index in [0.29, 0.717) is 25.9 Å². The van der Waals surface area contributed by atoms with Gasteiger partial charge in [0.25, 0.3) is 0 Å². The maximum absolute atomic E-state index is 13.7. The number of piperidine rings is 1. The molecule has 0 amide bonds. The van der Waals surface area contributed by atoms with Crippen molar-refractivity contribution in [1.29, 1.82) is 0 Å². The molecular formula is C18H17F2N3O5. The second-order valence-electron chi connectivity index (χ2n) is 6.19. The first-order valence-corrected chi connectivity index (χ1v) is 8.48. The second-order valence-corrected chi connectivity index (χ2v) is 6.19. The smallest absolute Gasteiger partial charge is 0.356 e. The molecular weight excluding hydrogens is 376 g/mol. The number of halogens is 2. The minimum absolute atomic E-state index is 0.0325. The Bertz CT molecular complexity index is 901. The van der Waals surface area contributed by atoms with Crippen molar-refractivity contribution in [2.75, 3.05) is 25.1 Å². The Morgan fingerprint density at radius 2 is 2.00 bits per heavy atom. The topological polar surface area (TPSA) is 94.8 Å². The van der Waals surface area contributed by atoms with Crippen LogP contribution in [0.15, 0.2) is 30.5 Å². The summed E-state index contributed by atoms with van der Waals surface area (Å²) >= 11 is 0. The summed E-state index contributed by atoms with van der Waals surface area (Å²) < 4.78 is 36.9. The third-order valence-electron chi connectivity index (χ3n) is 4.42. The molecule has 2 aromatic rings. The van der Waals surface area contributed by atoms with E-state index in [1.54, 1.807) is 4.90 Å². The van der Waals surface area contributed by atoms with Crippen LogP contribution in [0.4, 0.5) is 20.2 Å². The second kappa shape index (κ2) is 8.15. The standard InChI is InChI=1S/C18H17F2N3O5/c1-27-18(24)14-9-15(16(10-21-14)23(25)26)22-6-4-12(5-7-22)28-17-3-2-11(19)8-13(17)20/h2-3,8-10,12H,4-7H2,1H3. The van der Waals surface area contributed by atoms with E-state index in [9.17, 15) is 23.7 Å². The zero-order valence-electron chi connectivity index (χ0n) is 14.9. The lowest BCUT2D eigenvalue weighted by molar-refractivity contribution is -0.384. The van der Waals surface area contributed by atoms with Gasteiger partial charge in [-0.1, -0.05) is 0 Å². The summed E-state index contributed by atoms with van der Waals surface area (Å²) in [5.74, 6) is -2.20. The number of hydrogen-bond acceptors (Lipinski definition) is 7. The van der Waals surface area contributed by atoms with E-state index in [1.807, 2.05) is 0 Å². The van der Waals surface area contributed by atoms with Crippen LogP contribution in [0, 0.1) is 21.7 Å². The van der Waals surface area contributed by atoms with Crippen LogP contribution in [0.1, 0.15) is 23.3 Å².